The Bertz CT molecular complexity index is 777. The van der Waals surface area contributed by atoms with E-state index < -0.39 is 17.6 Å². The summed E-state index contributed by atoms with van der Waals surface area (Å²) < 4.78 is 51.0. The average Bonchev–Trinajstić information content (AvgIpc) is 2.84. The number of halogens is 4. The van der Waals surface area contributed by atoms with Crippen LogP contribution in [-0.4, -0.2) is 15.4 Å². The third-order valence-corrected chi connectivity index (χ3v) is 2.92. The van der Waals surface area contributed by atoms with Crippen LogP contribution in [0.2, 0.25) is 0 Å². The van der Waals surface area contributed by atoms with Gasteiger partial charge in [-0.25, -0.2) is 4.39 Å². The molecule has 0 saturated carbocycles. The number of hydrogen-bond acceptors (Lipinski definition) is 2. The highest BCUT2D eigenvalue weighted by Gasteiger charge is 2.33. The van der Waals surface area contributed by atoms with Crippen LogP contribution in [0, 0.1) is 5.82 Å². The molecule has 2 aromatic carbocycles. The van der Waals surface area contributed by atoms with Gasteiger partial charge in [-0.1, -0.05) is 12.1 Å². The Morgan fingerprint density at radius 3 is 2.20 bits per heavy atom. The summed E-state index contributed by atoms with van der Waals surface area (Å²) in [6, 6.07) is 7.76. The van der Waals surface area contributed by atoms with Crippen molar-refractivity contribution in [3.63, 3.8) is 0 Å². The van der Waals surface area contributed by atoms with Crippen molar-refractivity contribution in [2.45, 2.75) is 6.18 Å². The Kier molecular flexibility index (Phi) is 2.70. The molecule has 7 heteroatoms. The molecule has 1 heterocycles. The van der Waals surface area contributed by atoms with Crippen LogP contribution in [0.15, 0.2) is 36.4 Å². The van der Waals surface area contributed by atoms with E-state index in [2.05, 4.69) is 15.4 Å². The zero-order chi connectivity index (χ0) is 14.3. The summed E-state index contributed by atoms with van der Waals surface area (Å²) in [4.78, 5) is 0. The van der Waals surface area contributed by atoms with E-state index in [1.165, 1.54) is 6.07 Å². The molecule has 0 saturated heterocycles. The first-order chi connectivity index (χ1) is 9.45. The van der Waals surface area contributed by atoms with Crippen molar-refractivity contribution >= 4 is 11.0 Å². The quantitative estimate of drug-likeness (QED) is 0.690. The summed E-state index contributed by atoms with van der Waals surface area (Å²) in [5.41, 5.74) is 0.826. The number of aromatic amines is 1. The maximum Gasteiger partial charge on any atom is 0.419 e. The summed E-state index contributed by atoms with van der Waals surface area (Å²) in [5, 5.41) is 10.2. The maximum absolute atomic E-state index is 13.5. The molecule has 1 aromatic heterocycles. The molecule has 0 unspecified atom stereocenters. The van der Waals surface area contributed by atoms with Crippen molar-refractivity contribution < 1.29 is 17.6 Å². The Labute approximate surface area is 110 Å². The van der Waals surface area contributed by atoms with Crippen molar-refractivity contribution in [3.8, 4) is 11.1 Å². The third kappa shape index (κ3) is 2.11. The topological polar surface area (TPSA) is 41.6 Å². The molecule has 0 amide bonds. The first kappa shape index (κ1) is 12.6. The van der Waals surface area contributed by atoms with E-state index in [4.69, 9.17) is 0 Å². The van der Waals surface area contributed by atoms with E-state index in [0.717, 1.165) is 12.1 Å². The number of nitrogens with one attached hydrogen (secondary N) is 1. The minimum absolute atomic E-state index is 0.348. The molecular weight excluding hydrogens is 274 g/mol. The molecule has 0 bridgehead atoms. The van der Waals surface area contributed by atoms with Crippen LogP contribution in [-0.2, 0) is 6.18 Å². The van der Waals surface area contributed by atoms with Gasteiger partial charge in [0, 0.05) is 0 Å². The van der Waals surface area contributed by atoms with Crippen LogP contribution in [0.25, 0.3) is 22.2 Å². The molecule has 0 fully saturated rings. The maximum atomic E-state index is 13.5. The molecule has 1 N–H and O–H groups in total. The van der Waals surface area contributed by atoms with E-state index in [0.29, 0.717) is 22.2 Å². The van der Waals surface area contributed by atoms with Crippen molar-refractivity contribution in [2.75, 3.05) is 0 Å². The number of fused-ring (bicyclic) bond motifs is 1. The number of benzene rings is 2. The van der Waals surface area contributed by atoms with Crippen molar-refractivity contribution in [1.82, 2.24) is 15.4 Å². The number of hydrogen-bond donors (Lipinski definition) is 1. The van der Waals surface area contributed by atoms with Gasteiger partial charge < -0.3 is 0 Å². The minimum Gasteiger partial charge on any atom is -0.206 e. The Hall–Kier alpha value is -2.44. The zero-order valence-corrected chi connectivity index (χ0v) is 9.87. The fourth-order valence-corrected chi connectivity index (χ4v) is 1.94. The summed E-state index contributed by atoms with van der Waals surface area (Å²) in [6.45, 7) is 0. The lowest BCUT2D eigenvalue weighted by molar-refractivity contribution is -0.139. The van der Waals surface area contributed by atoms with Crippen molar-refractivity contribution in [3.05, 3.63) is 47.8 Å². The fraction of sp³-hybridized carbons (Fsp3) is 0.0769. The monoisotopic (exact) mass is 281 g/mol. The van der Waals surface area contributed by atoms with Gasteiger partial charge in [-0.2, -0.15) is 28.6 Å². The summed E-state index contributed by atoms with van der Waals surface area (Å²) in [7, 11) is 0. The predicted molar refractivity (Wildman–Crippen MR) is 64.3 cm³/mol. The van der Waals surface area contributed by atoms with Crippen LogP contribution in [0.1, 0.15) is 5.56 Å². The molecule has 0 radical (unpaired) electrons. The molecule has 0 aliphatic rings. The van der Waals surface area contributed by atoms with Crippen LogP contribution < -0.4 is 0 Å². The van der Waals surface area contributed by atoms with Gasteiger partial charge in [-0.15, -0.1) is 0 Å². The molecule has 0 aliphatic heterocycles. The molecule has 3 aromatic rings. The van der Waals surface area contributed by atoms with Gasteiger partial charge in [-0.05, 0) is 35.4 Å². The smallest absolute Gasteiger partial charge is 0.206 e. The lowest BCUT2D eigenvalue weighted by atomic mass is 10.0. The summed E-state index contributed by atoms with van der Waals surface area (Å²) in [5.74, 6) is -1.30. The van der Waals surface area contributed by atoms with Crippen molar-refractivity contribution in [2.24, 2.45) is 0 Å². The number of alkyl halides is 3. The van der Waals surface area contributed by atoms with E-state index in [9.17, 15) is 17.6 Å². The second-order valence-electron chi connectivity index (χ2n) is 4.22. The highest BCUT2D eigenvalue weighted by Crippen LogP contribution is 2.33. The fourth-order valence-electron chi connectivity index (χ4n) is 1.94. The van der Waals surface area contributed by atoms with Gasteiger partial charge in [0.1, 0.15) is 16.9 Å². The van der Waals surface area contributed by atoms with E-state index in [1.807, 2.05) is 0 Å². The second-order valence-corrected chi connectivity index (χ2v) is 4.22. The van der Waals surface area contributed by atoms with Gasteiger partial charge >= 0.3 is 6.18 Å². The average molecular weight is 281 g/mol. The molecule has 3 nitrogen and oxygen atoms in total. The number of H-pyrrole nitrogens is 1. The highest BCUT2D eigenvalue weighted by atomic mass is 19.4. The molecule has 102 valence electrons. The second kappa shape index (κ2) is 4.29. The van der Waals surface area contributed by atoms with Crippen LogP contribution in [0.4, 0.5) is 17.6 Å². The predicted octanol–water partition coefficient (Wildman–Crippen LogP) is 3.78. The van der Waals surface area contributed by atoms with Gasteiger partial charge in [0.2, 0.25) is 0 Å². The normalized spacial score (nSPS) is 12.0. The standard InChI is InChI=1S/C13H7F4N3/c14-10-5-7(1-3-9(10)13(15,16)17)8-2-4-11-12(6-8)19-20-18-11/h1-6H,(H,18,19,20). The van der Waals surface area contributed by atoms with Crippen LogP contribution in [0.3, 0.4) is 0 Å². The SMILES string of the molecule is Fc1cc(-c2ccc3n[nH]nc3c2)ccc1C(F)(F)F. The van der Waals surface area contributed by atoms with Gasteiger partial charge in [0.15, 0.2) is 0 Å². The zero-order valence-electron chi connectivity index (χ0n) is 9.87. The van der Waals surface area contributed by atoms with Crippen molar-refractivity contribution in [1.29, 1.82) is 0 Å². The van der Waals surface area contributed by atoms with Gasteiger partial charge in [0.05, 0.1) is 5.56 Å². The number of rotatable bonds is 1. The lowest BCUT2D eigenvalue weighted by Gasteiger charge is -2.09. The molecule has 0 spiro atoms. The van der Waals surface area contributed by atoms with Crippen LogP contribution in [0.5, 0.6) is 0 Å². The summed E-state index contributed by atoms with van der Waals surface area (Å²) >= 11 is 0. The minimum atomic E-state index is -4.70. The van der Waals surface area contributed by atoms with Crippen LogP contribution >= 0.6 is 0 Å². The lowest BCUT2D eigenvalue weighted by Crippen LogP contribution is -2.07. The molecular formula is C13H7F4N3. The number of aromatic nitrogens is 3. The van der Waals surface area contributed by atoms with E-state index >= 15 is 0 Å². The molecule has 3 rings (SSSR count). The Morgan fingerprint density at radius 1 is 0.850 bits per heavy atom. The Morgan fingerprint density at radius 2 is 1.50 bits per heavy atom. The molecule has 0 atom stereocenters. The largest absolute Gasteiger partial charge is 0.419 e. The van der Waals surface area contributed by atoms with Gasteiger partial charge in [-0.3, -0.25) is 0 Å². The molecule has 0 aliphatic carbocycles. The molecule has 20 heavy (non-hydrogen) atoms. The number of nitrogens with zero attached hydrogens (tertiary/aromatic N) is 2. The Balaban J connectivity index is 2.08. The van der Waals surface area contributed by atoms with Gasteiger partial charge in [0.25, 0.3) is 0 Å². The van der Waals surface area contributed by atoms with E-state index in [-0.39, 0.29) is 0 Å². The first-order valence-electron chi connectivity index (χ1n) is 5.63. The highest BCUT2D eigenvalue weighted by molar-refractivity contribution is 5.80. The first-order valence-corrected chi connectivity index (χ1v) is 5.63. The summed E-state index contributed by atoms with van der Waals surface area (Å²) in [6.07, 6.45) is -4.70. The van der Waals surface area contributed by atoms with E-state index in [1.54, 1.807) is 18.2 Å². The third-order valence-electron chi connectivity index (χ3n) is 2.92.